The quantitative estimate of drug-likeness (QED) is 0.658. The van der Waals surface area contributed by atoms with Crippen molar-refractivity contribution in [2.45, 2.75) is 18.8 Å². The number of hydrogen-bond acceptors (Lipinski definition) is 7. The van der Waals surface area contributed by atoms with Gasteiger partial charge >= 0.3 is 5.97 Å². The fourth-order valence-electron chi connectivity index (χ4n) is 2.92. The van der Waals surface area contributed by atoms with E-state index in [2.05, 4.69) is 0 Å². The van der Waals surface area contributed by atoms with Gasteiger partial charge in [-0.05, 0) is 17.7 Å². The lowest BCUT2D eigenvalue weighted by atomic mass is 10.1. The van der Waals surface area contributed by atoms with Crippen LogP contribution in [0.3, 0.4) is 0 Å². The molecule has 1 saturated heterocycles. The van der Waals surface area contributed by atoms with Crippen molar-refractivity contribution in [3.05, 3.63) is 29.3 Å². The van der Waals surface area contributed by atoms with Crippen LogP contribution in [-0.2, 0) is 30.9 Å². The van der Waals surface area contributed by atoms with Gasteiger partial charge in [0.2, 0.25) is 10.0 Å². The molecule has 0 radical (unpaired) electrons. The Labute approximate surface area is 148 Å². The molecule has 26 heavy (non-hydrogen) atoms. The first-order chi connectivity index (χ1) is 12.1. The van der Waals surface area contributed by atoms with Gasteiger partial charge in [0.15, 0.2) is 12.2 Å². The van der Waals surface area contributed by atoms with Gasteiger partial charge in [0.25, 0.3) is 11.8 Å². The van der Waals surface area contributed by atoms with Crippen LogP contribution in [0.5, 0.6) is 0 Å². The molecule has 0 aromatic heterocycles. The molecule has 2 aliphatic heterocycles. The van der Waals surface area contributed by atoms with Crippen molar-refractivity contribution in [2.75, 3.05) is 24.3 Å². The molecular weight excluding hydrogens is 368 g/mol. The lowest BCUT2D eigenvalue weighted by molar-refractivity contribution is -0.163. The van der Waals surface area contributed by atoms with Crippen LogP contribution >= 0.6 is 0 Å². The Morgan fingerprint density at radius 1 is 1.35 bits per heavy atom. The fraction of sp³-hybridized carbons (Fsp3) is 0.400. The van der Waals surface area contributed by atoms with Crippen LogP contribution in [0.15, 0.2) is 18.2 Å². The third-order valence-corrected chi connectivity index (χ3v) is 5.33. The highest BCUT2D eigenvalue weighted by molar-refractivity contribution is 7.88. The standard InChI is InChI=1S/C15H16N2O8S/c1-26(23,24)17-7-8-2-3-9(6-10(8)13(17)19)16-4-5-25-12(14(16)20)11(18)15(21)22/h2-3,6,11-12,18H,4-5,7H2,1H3,(H,21,22). The van der Waals surface area contributed by atoms with Gasteiger partial charge < -0.3 is 19.8 Å². The first kappa shape index (κ1) is 18.3. The van der Waals surface area contributed by atoms with E-state index in [0.717, 1.165) is 10.6 Å². The number of aliphatic hydroxyl groups excluding tert-OH is 1. The van der Waals surface area contributed by atoms with Gasteiger partial charge in [-0.15, -0.1) is 0 Å². The second-order valence-electron chi connectivity index (χ2n) is 5.98. The monoisotopic (exact) mass is 384 g/mol. The molecule has 2 heterocycles. The van der Waals surface area contributed by atoms with E-state index in [4.69, 9.17) is 9.84 Å². The van der Waals surface area contributed by atoms with Crippen LogP contribution in [0.2, 0.25) is 0 Å². The molecule has 2 aliphatic rings. The molecule has 2 N–H and O–H groups in total. The number of morpholine rings is 1. The number of aliphatic carboxylic acids is 1. The summed E-state index contributed by atoms with van der Waals surface area (Å²) in [6, 6.07) is 4.46. The number of anilines is 1. The van der Waals surface area contributed by atoms with Crippen molar-refractivity contribution in [3.8, 4) is 0 Å². The Kier molecular flexibility index (Phi) is 4.46. The molecule has 0 saturated carbocycles. The predicted octanol–water partition coefficient (Wildman–Crippen LogP) is -1.22. The number of nitrogens with zero attached hydrogens (tertiary/aromatic N) is 2. The summed E-state index contributed by atoms with van der Waals surface area (Å²) in [5.41, 5.74) is 0.956. The van der Waals surface area contributed by atoms with E-state index in [0.29, 0.717) is 11.3 Å². The number of carboxylic acid groups (broad SMARTS) is 1. The van der Waals surface area contributed by atoms with E-state index in [9.17, 15) is 27.9 Å². The molecule has 140 valence electrons. The highest BCUT2D eigenvalue weighted by Gasteiger charge is 2.40. The van der Waals surface area contributed by atoms with Crippen molar-refractivity contribution < 1.29 is 37.8 Å². The van der Waals surface area contributed by atoms with E-state index < -0.39 is 40.0 Å². The van der Waals surface area contributed by atoms with Crippen LogP contribution in [0.1, 0.15) is 15.9 Å². The summed E-state index contributed by atoms with van der Waals surface area (Å²) >= 11 is 0. The zero-order valence-electron chi connectivity index (χ0n) is 13.7. The van der Waals surface area contributed by atoms with Crippen LogP contribution in [-0.4, -0.2) is 72.3 Å². The average Bonchev–Trinajstić information content (AvgIpc) is 2.91. The summed E-state index contributed by atoms with van der Waals surface area (Å²) < 4.78 is 29.1. The van der Waals surface area contributed by atoms with Crippen LogP contribution < -0.4 is 4.90 Å². The van der Waals surface area contributed by atoms with Crippen molar-refractivity contribution in [2.24, 2.45) is 0 Å². The Morgan fingerprint density at radius 2 is 2.04 bits per heavy atom. The minimum atomic E-state index is -3.71. The number of aliphatic hydroxyl groups is 1. The Bertz CT molecular complexity index is 897. The number of amides is 2. The smallest absolute Gasteiger partial charge is 0.335 e. The molecule has 1 fully saturated rings. The number of hydrogen-bond donors (Lipinski definition) is 2. The highest BCUT2D eigenvalue weighted by atomic mass is 32.2. The van der Waals surface area contributed by atoms with Gasteiger partial charge in [-0.25, -0.2) is 17.5 Å². The minimum Gasteiger partial charge on any atom is -0.479 e. The maximum atomic E-state index is 12.5. The summed E-state index contributed by atoms with van der Waals surface area (Å²) in [6.45, 7) is 0.0242. The molecule has 0 bridgehead atoms. The molecular formula is C15H16N2O8S. The molecule has 0 spiro atoms. The van der Waals surface area contributed by atoms with Gasteiger partial charge in [0, 0.05) is 17.8 Å². The maximum absolute atomic E-state index is 12.5. The third kappa shape index (κ3) is 3.04. The lowest BCUT2D eigenvalue weighted by Gasteiger charge is -2.33. The van der Waals surface area contributed by atoms with Gasteiger partial charge in [-0.2, -0.15) is 0 Å². The highest BCUT2D eigenvalue weighted by Crippen LogP contribution is 2.30. The van der Waals surface area contributed by atoms with Crippen molar-refractivity contribution >= 4 is 33.5 Å². The van der Waals surface area contributed by atoms with Crippen molar-refractivity contribution in [1.29, 1.82) is 0 Å². The zero-order valence-corrected chi connectivity index (χ0v) is 14.5. The van der Waals surface area contributed by atoms with E-state index >= 15 is 0 Å². The Morgan fingerprint density at radius 3 is 2.65 bits per heavy atom. The van der Waals surface area contributed by atoms with Gasteiger partial charge in [-0.1, -0.05) is 6.07 Å². The first-order valence-electron chi connectivity index (χ1n) is 7.60. The summed E-state index contributed by atoms with van der Waals surface area (Å²) in [6.07, 6.45) is -2.64. The molecule has 1 aromatic carbocycles. The normalized spacial score (nSPS) is 21.7. The van der Waals surface area contributed by atoms with Crippen LogP contribution in [0.4, 0.5) is 5.69 Å². The molecule has 10 nitrogen and oxygen atoms in total. The molecule has 2 atom stereocenters. The second-order valence-corrected chi connectivity index (χ2v) is 7.89. The van der Waals surface area contributed by atoms with E-state index in [1.54, 1.807) is 6.07 Å². The number of carbonyl (C=O) groups excluding carboxylic acids is 2. The molecule has 11 heteroatoms. The number of carbonyl (C=O) groups is 3. The van der Waals surface area contributed by atoms with Crippen molar-refractivity contribution in [1.82, 2.24) is 4.31 Å². The third-order valence-electron chi connectivity index (χ3n) is 4.24. The fourth-order valence-corrected chi connectivity index (χ4v) is 3.69. The minimum absolute atomic E-state index is 0.00123. The molecule has 3 rings (SSSR count). The number of benzene rings is 1. The van der Waals surface area contributed by atoms with Gasteiger partial charge in [0.1, 0.15) is 0 Å². The molecule has 2 unspecified atom stereocenters. The summed E-state index contributed by atoms with van der Waals surface area (Å²) in [5.74, 6) is -3.03. The number of fused-ring (bicyclic) bond motifs is 1. The van der Waals surface area contributed by atoms with E-state index in [1.807, 2.05) is 0 Å². The molecule has 0 aliphatic carbocycles. The average molecular weight is 384 g/mol. The van der Waals surface area contributed by atoms with Crippen molar-refractivity contribution in [3.63, 3.8) is 0 Å². The zero-order chi connectivity index (χ0) is 19.2. The lowest BCUT2D eigenvalue weighted by Crippen LogP contribution is -2.54. The predicted molar refractivity (Wildman–Crippen MR) is 86.9 cm³/mol. The van der Waals surface area contributed by atoms with Gasteiger partial charge in [0.05, 0.1) is 19.4 Å². The topological polar surface area (TPSA) is 142 Å². The largest absolute Gasteiger partial charge is 0.479 e. The first-order valence-corrected chi connectivity index (χ1v) is 9.45. The number of sulfonamides is 1. The van der Waals surface area contributed by atoms with Gasteiger partial charge in [-0.3, -0.25) is 9.59 Å². The number of ether oxygens (including phenoxy) is 1. The SMILES string of the molecule is CS(=O)(=O)N1Cc2ccc(N3CCOC(C(O)C(=O)O)C3=O)cc2C1=O. The number of rotatable bonds is 4. The van der Waals surface area contributed by atoms with E-state index in [1.165, 1.54) is 17.0 Å². The van der Waals surface area contributed by atoms with Crippen LogP contribution in [0, 0.1) is 0 Å². The molecule has 2 amide bonds. The Balaban J connectivity index is 1.91. The van der Waals surface area contributed by atoms with E-state index in [-0.39, 0.29) is 25.3 Å². The maximum Gasteiger partial charge on any atom is 0.335 e. The summed E-state index contributed by atoms with van der Waals surface area (Å²) in [5, 5.41) is 18.5. The summed E-state index contributed by atoms with van der Waals surface area (Å²) in [4.78, 5) is 36.9. The number of carboxylic acids is 1. The Hall–Kier alpha value is -2.50. The van der Waals surface area contributed by atoms with Crippen LogP contribution in [0.25, 0.3) is 0 Å². The molecule has 1 aromatic rings. The second kappa shape index (κ2) is 6.34. The summed E-state index contributed by atoms with van der Waals surface area (Å²) in [7, 11) is -3.71.